The molecule has 0 aromatic heterocycles. The Morgan fingerprint density at radius 3 is 2.21 bits per heavy atom. The van der Waals surface area contributed by atoms with Gasteiger partial charge in [-0.05, 0) is 32.2 Å². The van der Waals surface area contributed by atoms with Crippen LogP contribution in [0.2, 0.25) is 0 Å². The number of hydrogen-bond acceptors (Lipinski definition) is 2. The first-order chi connectivity index (χ1) is 6.54. The molecule has 0 aliphatic rings. The van der Waals surface area contributed by atoms with E-state index in [0.29, 0.717) is 12.1 Å². The molecular formula is C11H21NO2. The van der Waals surface area contributed by atoms with Crippen LogP contribution in [0.25, 0.3) is 0 Å². The highest BCUT2D eigenvalue weighted by Gasteiger charge is 2.32. The maximum atomic E-state index is 10.9. The van der Waals surface area contributed by atoms with E-state index in [0.717, 1.165) is 25.7 Å². The molecule has 0 saturated heterocycles. The Morgan fingerprint density at radius 2 is 1.93 bits per heavy atom. The molecule has 3 nitrogen and oxygen atoms in total. The number of carboxylic acids is 1. The Labute approximate surface area is 86.0 Å². The molecule has 82 valence electrons. The summed E-state index contributed by atoms with van der Waals surface area (Å²) in [6.07, 6.45) is 3.30. The Balaban J connectivity index is 4.68. The molecule has 0 aliphatic heterocycles. The zero-order chi connectivity index (χ0) is 11.2. The zero-order valence-electron chi connectivity index (χ0n) is 9.18. The summed E-state index contributed by atoms with van der Waals surface area (Å²) in [5.74, 6) is -0.884. The van der Waals surface area contributed by atoms with Gasteiger partial charge in [0.1, 0.15) is 0 Å². The van der Waals surface area contributed by atoms with Crippen molar-refractivity contribution in [3.63, 3.8) is 0 Å². The Hall–Kier alpha value is -0.830. The average molecular weight is 199 g/mol. The summed E-state index contributed by atoms with van der Waals surface area (Å²) in [7, 11) is 0. The van der Waals surface area contributed by atoms with E-state index in [9.17, 15) is 4.79 Å². The van der Waals surface area contributed by atoms with Gasteiger partial charge in [0, 0.05) is 11.0 Å². The molecule has 0 aromatic rings. The van der Waals surface area contributed by atoms with E-state index in [1.165, 1.54) is 0 Å². The third kappa shape index (κ3) is 2.84. The van der Waals surface area contributed by atoms with Crippen molar-refractivity contribution in [3.8, 4) is 0 Å². The third-order valence-corrected chi connectivity index (χ3v) is 3.11. The van der Waals surface area contributed by atoms with Crippen molar-refractivity contribution in [1.29, 1.82) is 0 Å². The summed E-state index contributed by atoms with van der Waals surface area (Å²) in [5.41, 5.74) is 5.52. The fourth-order valence-electron chi connectivity index (χ4n) is 1.85. The van der Waals surface area contributed by atoms with Crippen molar-refractivity contribution in [2.45, 2.75) is 39.5 Å². The van der Waals surface area contributed by atoms with Crippen LogP contribution in [0.5, 0.6) is 0 Å². The second kappa shape index (κ2) is 5.81. The lowest BCUT2D eigenvalue weighted by Crippen LogP contribution is -2.27. The second-order valence-corrected chi connectivity index (χ2v) is 3.66. The van der Waals surface area contributed by atoms with E-state index in [-0.39, 0.29) is 5.41 Å². The number of rotatable bonds is 7. The Kier molecular flexibility index (Phi) is 5.46. The molecule has 14 heavy (non-hydrogen) atoms. The molecule has 3 N–H and O–H groups in total. The molecule has 0 bridgehead atoms. The van der Waals surface area contributed by atoms with E-state index < -0.39 is 5.97 Å². The van der Waals surface area contributed by atoms with Gasteiger partial charge in [-0.3, -0.25) is 0 Å². The van der Waals surface area contributed by atoms with Gasteiger partial charge in [0.15, 0.2) is 0 Å². The molecule has 0 rings (SSSR count). The first-order valence-electron chi connectivity index (χ1n) is 5.16. The minimum Gasteiger partial charge on any atom is -0.478 e. The standard InChI is InChI=1S/C11H21NO2/c1-4-11(5-2,7-6-8-12)9(3)10(13)14/h3-8,12H2,1-2H3,(H,13,14). The Bertz CT molecular complexity index is 207. The van der Waals surface area contributed by atoms with Crippen LogP contribution in [-0.4, -0.2) is 17.6 Å². The van der Waals surface area contributed by atoms with E-state index in [2.05, 4.69) is 6.58 Å². The highest BCUT2D eigenvalue weighted by molar-refractivity contribution is 5.87. The fraction of sp³-hybridized carbons (Fsp3) is 0.727. The summed E-state index contributed by atoms with van der Waals surface area (Å²) in [6, 6.07) is 0. The fourth-order valence-corrected chi connectivity index (χ4v) is 1.85. The maximum absolute atomic E-state index is 10.9. The van der Waals surface area contributed by atoms with Gasteiger partial charge in [-0.25, -0.2) is 4.79 Å². The van der Waals surface area contributed by atoms with Crippen molar-refractivity contribution in [2.75, 3.05) is 6.54 Å². The topological polar surface area (TPSA) is 63.3 Å². The van der Waals surface area contributed by atoms with Crippen LogP contribution in [-0.2, 0) is 4.79 Å². The van der Waals surface area contributed by atoms with Gasteiger partial charge in [0.25, 0.3) is 0 Å². The molecular weight excluding hydrogens is 178 g/mol. The molecule has 0 radical (unpaired) electrons. The van der Waals surface area contributed by atoms with Crippen molar-refractivity contribution in [3.05, 3.63) is 12.2 Å². The van der Waals surface area contributed by atoms with Gasteiger partial charge in [-0.15, -0.1) is 0 Å². The predicted octanol–water partition coefficient (Wildman–Crippen LogP) is 2.17. The SMILES string of the molecule is C=C(C(=O)O)C(CC)(CC)CCCN. The van der Waals surface area contributed by atoms with Gasteiger partial charge < -0.3 is 10.8 Å². The van der Waals surface area contributed by atoms with Crippen LogP contribution >= 0.6 is 0 Å². The van der Waals surface area contributed by atoms with Gasteiger partial charge in [-0.2, -0.15) is 0 Å². The molecule has 0 aromatic carbocycles. The highest BCUT2D eigenvalue weighted by atomic mass is 16.4. The minimum atomic E-state index is -0.884. The van der Waals surface area contributed by atoms with Crippen LogP contribution in [0, 0.1) is 5.41 Å². The third-order valence-electron chi connectivity index (χ3n) is 3.11. The summed E-state index contributed by atoms with van der Waals surface area (Å²) >= 11 is 0. The lowest BCUT2D eigenvalue weighted by atomic mass is 9.72. The molecule has 0 fully saturated rings. The van der Waals surface area contributed by atoms with Crippen molar-refractivity contribution < 1.29 is 9.90 Å². The summed E-state index contributed by atoms with van der Waals surface area (Å²) in [4.78, 5) is 10.9. The predicted molar refractivity (Wildman–Crippen MR) is 58.1 cm³/mol. The lowest BCUT2D eigenvalue weighted by molar-refractivity contribution is -0.134. The highest BCUT2D eigenvalue weighted by Crippen LogP contribution is 2.38. The van der Waals surface area contributed by atoms with Crippen LogP contribution in [0.3, 0.4) is 0 Å². The number of aliphatic carboxylic acids is 1. The van der Waals surface area contributed by atoms with E-state index in [1.54, 1.807) is 0 Å². The van der Waals surface area contributed by atoms with E-state index in [4.69, 9.17) is 10.8 Å². The van der Waals surface area contributed by atoms with Gasteiger partial charge in [0.05, 0.1) is 0 Å². The van der Waals surface area contributed by atoms with Crippen LogP contribution in [0.1, 0.15) is 39.5 Å². The number of hydrogen-bond donors (Lipinski definition) is 2. The van der Waals surface area contributed by atoms with E-state index >= 15 is 0 Å². The smallest absolute Gasteiger partial charge is 0.331 e. The van der Waals surface area contributed by atoms with Crippen LogP contribution in [0.4, 0.5) is 0 Å². The average Bonchev–Trinajstić information content (AvgIpc) is 2.19. The first-order valence-corrected chi connectivity index (χ1v) is 5.16. The quantitative estimate of drug-likeness (QED) is 0.618. The summed E-state index contributed by atoms with van der Waals surface area (Å²) in [6.45, 7) is 8.30. The number of carbonyl (C=O) groups is 1. The largest absolute Gasteiger partial charge is 0.478 e. The van der Waals surface area contributed by atoms with Crippen LogP contribution in [0.15, 0.2) is 12.2 Å². The second-order valence-electron chi connectivity index (χ2n) is 3.66. The zero-order valence-corrected chi connectivity index (χ0v) is 9.18. The van der Waals surface area contributed by atoms with Gasteiger partial charge in [0.2, 0.25) is 0 Å². The van der Waals surface area contributed by atoms with Crippen molar-refractivity contribution in [2.24, 2.45) is 11.1 Å². The molecule has 0 saturated carbocycles. The van der Waals surface area contributed by atoms with Gasteiger partial charge >= 0.3 is 5.97 Å². The molecule has 0 atom stereocenters. The summed E-state index contributed by atoms with van der Waals surface area (Å²) < 4.78 is 0. The van der Waals surface area contributed by atoms with Crippen LogP contribution < -0.4 is 5.73 Å². The molecule has 0 amide bonds. The van der Waals surface area contributed by atoms with Crippen molar-refractivity contribution in [1.82, 2.24) is 0 Å². The molecule has 0 spiro atoms. The Morgan fingerprint density at radius 1 is 1.43 bits per heavy atom. The first kappa shape index (κ1) is 13.2. The van der Waals surface area contributed by atoms with Crippen molar-refractivity contribution >= 4 is 5.97 Å². The lowest BCUT2D eigenvalue weighted by Gasteiger charge is -2.31. The molecule has 3 heteroatoms. The molecule has 0 heterocycles. The summed E-state index contributed by atoms with van der Waals surface area (Å²) in [5, 5.41) is 8.95. The maximum Gasteiger partial charge on any atom is 0.331 e. The molecule has 0 unspecified atom stereocenters. The van der Waals surface area contributed by atoms with Gasteiger partial charge in [-0.1, -0.05) is 20.4 Å². The van der Waals surface area contributed by atoms with E-state index in [1.807, 2.05) is 13.8 Å². The number of nitrogens with two attached hydrogens (primary N) is 1. The molecule has 0 aliphatic carbocycles. The number of carboxylic acid groups (broad SMARTS) is 1. The monoisotopic (exact) mass is 199 g/mol. The minimum absolute atomic E-state index is 0.259. The normalized spacial score (nSPS) is 11.4.